The highest BCUT2D eigenvalue weighted by Crippen LogP contribution is 2.40. The summed E-state index contributed by atoms with van der Waals surface area (Å²) in [5.74, 6) is -4.20. The van der Waals surface area contributed by atoms with Crippen LogP contribution in [0, 0.1) is 3.57 Å². The minimum atomic E-state index is -3.35. The summed E-state index contributed by atoms with van der Waals surface area (Å²) in [7, 11) is 0. The Morgan fingerprint density at radius 3 is 2.74 bits per heavy atom. The van der Waals surface area contributed by atoms with Gasteiger partial charge in [-0.05, 0) is 46.9 Å². The molecule has 1 amide bonds. The number of hydrogen-bond acceptors (Lipinski definition) is 5. The Morgan fingerprint density at radius 1 is 1.41 bits per heavy atom. The van der Waals surface area contributed by atoms with Crippen LogP contribution in [0.1, 0.15) is 6.42 Å². The summed E-state index contributed by atoms with van der Waals surface area (Å²) >= 11 is 13.8. The Hall–Kier alpha value is -0.980. The lowest BCUT2D eigenvalue weighted by molar-refractivity contribution is -0.132. The molecule has 2 rings (SSSR count). The fourth-order valence-corrected chi connectivity index (χ4v) is 3.18. The van der Waals surface area contributed by atoms with Gasteiger partial charge in [0.05, 0.1) is 34.3 Å². The summed E-state index contributed by atoms with van der Waals surface area (Å²) in [5.41, 5.74) is 2.09. The van der Waals surface area contributed by atoms with Crippen LogP contribution in [0.15, 0.2) is 40.6 Å². The van der Waals surface area contributed by atoms with Crippen molar-refractivity contribution in [1.82, 2.24) is 5.48 Å². The highest BCUT2D eigenvalue weighted by molar-refractivity contribution is 14.1. The Morgan fingerprint density at radius 2 is 2.11 bits per heavy atom. The van der Waals surface area contributed by atoms with Crippen LogP contribution in [0.25, 0.3) is 0 Å². The maximum atomic E-state index is 14.0. The predicted molar refractivity (Wildman–Crippen MR) is 106 cm³/mol. The third-order valence-corrected chi connectivity index (χ3v) is 4.83. The third kappa shape index (κ3) is 6.00. The van der Waals surface area contributed by atoms with Gasteiger partial charge in [-0.15, -0.1) is 0 Å². The monoisotopic (exact) mass is 534 g/mol. The first-order chi connectivity index (χ1) is 12.6. The molecule has 4 N–H and O–H groups in total. The molecule has 0 aliphatic heterocycles. The van der Waals surface area contributed by atoms with Crippen LogP contribution in [0.3, 0.4) is 0 Å². The van der Waals surface area contributed by atoms with E-state index in [0.29, 0.717) is 10.7 Å². The number of amides is 1. The molecule has 1 aliphatic carbocycles. The van der Waals surface area contributed by atoms with Gasteiger partial charge in [0, 0.05) is 9.27 Å². The Bertz CT molecular complexity index is 790. The standard InChI is InChI=1S/C16H15Cl2F2IN2O4/c17-11-3-8(21)1-2-12(11)22-13-5-16(19,20)14(18)4-10(13)15(26)23-27-7-9(25)6-24/h1-4,9,22,24-25H,5-7H2,(H,23,26). The second-order valence-corrected chi connectivity index (χ2v) is 7.65. The molecule has 148 valence electrons. The van der Waals surface area contributed by atoms with Gasteiger partial charge in [-0.3, -0.25) is 9.63 Å². The summed E-state index contributed by atoms with van der Waals surface area (Å²) in [6.07, 6.45) is -1.20. The number of aliphatic hydroxyl groups excluding tert-OH is 2. The number of allylic oxidation sites excluding steroid dienone is 2. The van der Waals surface area contributed by atoms with E-state index < -0.39 is 36.0 Å². The number of halogens is 5. The van der Waals surface area contributed by atoms with Crippen molar-refractivity contribution in [2.24, 2.45) is 0 Å². The van der Waals surface area contributed by atoms with Gasteiger partial charge < -0.3 is 15.5 Å². The number of nitrogens with one attached hydrogen (secondary N) is 2. The Labute approximate surface area is 177 Å². The van der Waals surface area contributed by atoms with Crippen LogP contribution in [-0.4, -0.2) is 41.4 Å². The van der Waals surface area contributed by atoms with Crippen LogP contribution >= 0.6 is 45.8 Å². The number of hydrogen-bond donors (Lipinski definition) is 4. The number of benzene rings is 1. The van der Waals surface area contributed by atoms with Gasteiger partial charge in [-0.1, -0.05) is 23.2 Å². The molecule has 0 radical (unpaired) electrons. The molecule has 0 spiro atoms. The van der Waals surface area contributed by atoms with Crippen molar-refractivity contribution < 1.29 is 28.6 Å². The van der Waals surface area contributed by atoms with Crippen LogP contribution in [0.5, 0.6) is 0 Å². The average Bonchev–Trinajstić information content (AvgIpc) is 2.59. The highest BCUT2D eigenvalue weighted by Gasteiger charge is 2.40. The molecule has 27 heavy (non-hydrogen) atoms. The average molecular weight is 535 g/mol. The fraction of sp³-hybridized carbons (Fsp3) is 0.312. The van der Waals surface area contributed by atoms with Crippen LogP contribution < -0.4 is 10.8 Å². The summed E-state index contributed by atoms with van der Waals surface area (Å²) < 4.78 is 28.9. The molecule has 11 heteroatoms. The zero-order chi connectivity index (χ0) is 20.2. The first-order valence-corrected chi connectivity index (χ1v) is 9.39. The maximum Gasteiger partial charge on any atom is 0.288 e. The summed E-state index contributed by atoms with van der Waals surface area (Å²) in [4.78, 5) is 17.1. The second-order valence-electron chi connectivity index (χ2n) is 5.59. The molecule has 0 aromatic heterocycles. The van der Waals surface area contributed by atoms with Gasteiger partial charge in [-0.2, -0.15) is 8.78 Å². The van der Waals surface area contributed by atoms with Crippen molar-refractivity contribution in [3.63, 3.8) is 0 Å². The van der Waals surface area contributed by atoms with Crippen molar-refractivity contribution in [1.29, 1.82) is 0 Å². The van der Waals surface area contributed by atoms with E-state index >= 15 is 0 Å². The van der Waals surface area contributed by atoms with Crippen molar-refractivity contribution in [3.05, 3.63) is 49.2 Å². The molecule has 1 aromatic rings. The lowest BCUT2D eigenvalue weighted by atomic mass is 9.99. The topological polar surface area (TPSA) is 90.8 Å². The molecule has 0 bridgehead atoms. The SMILES string of the molecule is O=C(NOCC(O)CO)C1=C(Nc2ccc(I)cc2Cl)CC(F)(F)C(Cl)=C1. The van der Waals surface area contributed by atoms with E-state index in [1.165, 1.54) is 0 Å². The molecule has 1 aromatic carbocycles. The number of carbonyl (C=O) groups excluding carboxylic acids is 1. The molecule has 0 saturated carbocycles. The van der Waals surface area contributed by atoms with Crippen molar-refractivity contribution in [2.75, 3.05) is 18.5 Å². The largest absolute Gasteiger partial charge is 0.394 e. The summed E-state index contributed by atoms with van der Waals surface area (Å²) in [6, 6.07) is 4.95. The van der Waals surface area contributed by atoms with Gasteiger partial charge in [0.2, 0.25) is 0 Å². The first-order valence-electron chi connectivity index (χ1n) is 7.56. The zero-order valence-electron chi connectivity index (χ0n) is 13.6. The smallest absolute Gasteiger partial charge is 0.288 e. The van der Waals surface area contributed by atoms with Gasteiger partial charge in [0.1, 0.15) is 12.7 Å². The zero-order valence-corrected chi connectivity index (χ0v) is 17.3. The Balaban J connectivity index is 2.27. The quantitative estimate of drug-likeness (QED) is 0.319. The molecular formula is C16H15Cl2F2IN2O4. The minimum absolute atomic E-state index is 0.101. The lowest BCUT2D eigenvalue weighted by Gasteiger charge is -2.25. The van der Waals surface area contributed by atoms with Crippen LogP contribution in [0.4, 0.5) is 14.5 Å². The van der Waals surface area contributed by atoms with Crippen LogP contribution in [-0.2, 0) is 9.63 Å². The molecule has 1 aliphatic rings. The maximum absolute atomic E-state index is 14.0. The number of hydroxylamine groups is 1. The predicted octanol–water partition coefficient (Wildman–Crippen LogP) is 3.17. The molecule has 0 saturated heterocycles. The van der Waals surface area contributed by atoms with Gasteiger partial charge in [-0.25, -0.2) is 5.48 Å². The molecule has 1 atom stereocenters. The summed E-state index contributed by atoms with van der Waals surface area (Å²) in [5, 5.41) is 20.2. The number of aliphatic hydroxyl groups is 2. The fourth-order valence-electron chi connectivity index (χ4n) is 2.10. The van der Waals surface area contributed by atoms with Gasteiger partial charge in [0.25, 0.3) is 11.8 Å². The van der Waals surface area contributed by atoms with E-state index in [-0.39, 0.29) is 17.9 Å². The number of carbonyl (C=O) groups is 1. The molecular weight excluding hydrogens is 520 g/mol. The highest BCUT2D eigenvalue weighted by atomic mass is 127. The minimum Gasteiger partial charge on any atom is -0.394 e. The molecule has 1 unspecified atom stereocenters. The van der Waals surface area contributed by atoms with E-state index in [9.17, 15) is 18.7 Å². The number of alkyl halides is 2. The van der Waals surface area contributed by atoms with Gasteiger partial charge >= 0.3 is 0 Å². The lowest BCUT2D eigenvalue weighted by Crippen LogP contribution is -2.34. The second kappa shape index (κ2) is 9.48. The third-order valence-electron chi connectivity index (χ3n) is 3.46. The summed E-state index contributed by atoms with van der Waals surface area (Å²) in [6.45, 7) is -0.941. The van der Waals surface area contributed by atoms with E-state index in [2.05, 4.69) is 5.32 Å². The van der Waals surface area contributed by atoms with Gasteiger partial charge in [0.15, 0.2) is 0 Å². The van der Waals surface area contributed by atoms with E-state index in [1.54, 1.807) is 18.2 Å². The van der Waals surface area contributed by atoms with E-state index in [1.807, 2.05) is 28.1 Å². The molecule has 6 nitrogen and oxygen atoms in total. The van der Waals surface area contributed by atoms with Crippen molar-refractivity contribution >= 4 is 57.4 Å². The van der Waals surface area contributed by atoms with Crippen molar-refractivity contribution in [2.45, 2.75) is 18.4 Å². The Kier molecular flexibility index (Phi) is 7.83. The van der Waals surface area contributed by atoms with Crippen molar-refractivity contribution in [3.8, 4) is 0 Å². The molecule has 0 fully saturated rings. The first kappa shape index (κ1) is 22.3. The van der Waals surface area contributed by atoms with E-state index in [4.69, 9.17) is 33.1 Å². The van der Waals surface area contributed by atoms with E-state index in [0.717, 1.165) is 9.65 Å². The normalized spacial score (nSPS) is 17.4. The van der Waals surface area contributed by atoms with Crippen LogP contribution in [0.2, 0.25) is 5.02 Å². The molecule has 0 heterocycles. The number of anilines is 1. The number of rotatable bonds is 7.